The van der Waals surface area contributed by atoms with E-state index < -0.39 is 0 Å². The minimum Gasteiger partial charge on any atom is -0.206 e. The maximum atomic E-state index is 13.0. The van der Waals surface area contributed by atoms with Crippen molar-refractivity contribution in [2.45, 2.75) is 26.2 Å². The third-order valence-electron chi connectivity index (χ3n) is 1.81. The van der Waals surface area contributed by atoms with Gasteiger partial charge in [-0.25, -0.2) is 4.39 Å². The lowest BCUT2D eigenvalue weighted by atomic mass is 10.2. The van der Waals surface area contributed by atoms with Crippen LogP contribution in [-0.2, 0) is 0 Å². The van der Waals surface area contributed by atoms with E-state index in [-0.39, 0.29) is 5.82 Å². The SMILES string of the molecule is CCCCC#Cc1ccc(Br)c(F)c1. The van der Waals surface area contributed by atoms with Crippen LogP contribution in [0.15, 0.2) is 22.7 Å². The van der Waals surface area contributed by atoms with E-state index in [4.69, 9.17) is 0 Å². The number of unbranched alkanes of at least 4 members (excludes halogenated alkanes) is 2. The third kappa shape index (κ3) is 3.51. The van der Waals surface area contributed by atoms with E-state index >= 15 is 0 Å². The van der Waals surface area contributed by atoms with Crippen LogP contribution in [0.2, 0.25) is 0 Å². The second-order valence-electron chi connectivity index (χ2n) is 3.03. The predicted molar refractivity (Wildman–Crippen MR) is 60.5 cm³/mol. The fourth-order valence-corrected chi connectivity index (χ4v) is 1.25. The summed E-state index contributed by atoms with van der Waals surface area (Å²) in [5.74, 6) is 5.70. The van der Waals surface area contributed by atoms with Crippen LogP contribution < -0.4 is 0 Å². The van der Waals surface area contributed by atoms with Gasteiger partial charge in [0, 0.05) is 12.0 Å². The molecule has 0 aromatic heterocycles. The van der Waals surface area contributed by atoms with Gasteiger partial charge in [0.05, 0.1) is 4.47 Å². The molecule has 0 aliphatic rings. The van der Waals surface area contributed by atoms with Crippen LogP contribution in [0.3, 0.4) is 0 Å². The smallest absolute Gasteiger partial charge is 0.138 e. The first-order valence-corrected chi connectivity index (χ1v) is 5.47. The quantitative estimate of drug-likeness (QED) is 0.550. The molecule has 0 atom stereocenters. The first-order chi connectivity index (χ1) is 6.74. The van der Waals surface area contributed by atoms with Crippen molar-refractivity contribution >= 4 is 15.9 Å². The molecule has 0 amide bonds. The molecule has 0 spiro atoms. The zero-order valence-electron chi connectivity index (χ0n) is 8.11. The van der Waals surface area contributed by atoms with Gasteiger partial charge in [0.2, 0.25) is 0 Å². The van der Waals surface area contributed by atoms with Crippen molar-refractivity contribution in [1.82, 2.24) is 0 Å². The van der Waals surface area contributed by atoms with Gasteiger partial charge in [-0.3, -0.25) is 0 Å². The molecule has 0 saturated heterocycles. The van der Waals surface area contributed by atoms with Crippen LogP contribution in [-0.4, -0.2) is 0 Å². The van der Waals surface area contributed by atoms with Gasteiger partial charge >= 0.3 is 0 Å². The first-order valence-electron chi connectivity index (χ1n) is 4.68. The molecule has 74 valence electrons. The fourth-order valence-electron chi connectivity index (χ4n) is 1.00. The molecule has 0 fully saturated rings. The van der Waals surface area contributed by atoms with E-state index in [2.05, 4.69) is 34.7 Å². The van der Waals surface area contributed by atoms with Crippen LogP contribution in [0.4, 0.5) is 4.39 Å². The minimum atomic E-state index is -0.257. The molecule has 0 heterocycles. The summed E-state index contributed by atoms with van der Waals surface area (Å²) >= 11 is 3.10. The molecule has 14 heavy (non-hydrogen) atoms. The molecule has 0 radical (unpaired) electrons. The van der Waals surface area contributed by atoms with Crippen molar-refractivity contribution < 1.29 is 4.39 Å². The highest BCUT2D eigenvalue weighted by molar-refractivity contribution is 9.10. The number of hydrogen-bond donors (Lipinski definition) is 0. The molecular weight excluding hydrogens is 243 g/mol. The van der Waals surface area contributed by atoms with Crippen molar-refractivity contribution in [3.8, 4) is 11.8 Å². The lowest BCUT2D eigenvalue weighted by Gasteiger charge is -1.94. The number of hydrogen-bond acceptors (Lipinski definition) is 0. The van der Waals surface area contributed by atoms with Gasteiger partial charge in [-0.1, -0.05) is 25.2 Å². The number of rotatable bonds is 2. The van der Waals surface area contributed by atoms with E-state index in [9.17, 15) is 4.39 Å². The fraction of sp³-hybridized carbons (Fsp3) is 0.333. The van der Waals surface area contributed by atoms with Crippen LogP contribution >= 0.6 is 15.9 Å². The van der Waals surface area contributed by atoms with Gasteiger partial charge in [0.15, 0.2) is 0 Å². The molecule has 0 bridgehead atoms. The van der Waals surface area contributed by atoms with Crippen molar-refractivity contribution in [2.75, 3.05) is 0 Å². The first kappa shape index (κ1) is 11.3. The Labute approximate surface area is 92.7 Å². The van der Waals surface area contributed by atoms with Gasteiger partial charge in [0.1, 0.15) is 5.82 Å². The van der Waals surface area contributed by atoms with Crippen LogP contribution in [0.1, 0.15) is 31.7 Å². The average molecular weight is 255 g/mol. The minimum absolute atomic E-state index is 0.257. The van der Waals surface area contributed by atoms with Gasteiger partial charge in [-0.05, 0) is 40.5 Å². The number of benzene rings is 1. The van der Waals surface area contributed by atoms with Crippen LogP contribution in [0.25, 0.3) is 0 Å². The van der Waals surface area contributed by atoms with Crippen molar-refractivity contribution in [3.63, 3.8) is 0 Å². The van der Waals surface area contributed by atoms with E-state index in [1.54, 1.807) is 6.07 Å². The van der Waals surface area contributed by atoms with E-state index in [1.165, 1.54) is 6.07 Å². The van der Waals surface area contributed by atoms with Crippen LogP contribution in [0, 0.1) is 17.7 Å². The summed E-state index contributed by atoms with van der Waals surface area (Å²) in [6.45, 7) is 2.13. The second kappa shape index (κ2) is 5.82. The Morgan fingerprint density at radius 1 is 1.43 bits per heavy atom. The molecule has 1 rings (SSSR count). The highest BCUT2D eigenvalue weighted by atomic mass is 79.9. The summed E-state index contributed by atoms with van der Waals surface area (Å²) in [5.41, 5.74) is 0.738. The van der Waals surface area contributed by atoms with Gasteiger partial charge < -0.3 is 0 Å². The highest BCUT2D eigenvalue weighted by Crippen LogP contribution is 2.15. The summed E-state index contributed by atoms with van der Waals surface area (Å²) in [6, 6.07) is 4.94. The Kier molecular flexibility index (Phi) is 4.69. The molecule has 2 heteroatoms. The van der Waals surface area contributed by atoms with Crippen molar-refractivity contribution in [1.29, 1.82) is 0 Å². The average Bonchev–Trinajstić information content (AvgIpc) is 2.18. The molecule has 0 saturated carbocycles. The van der Waals surface area contributed by atoms with Crippen molar-refractivity contribution in [3.05, 3.63) is 34.1 Å². The molecule has 0 nitrogen and oxygen atoms in total. The largest absolute Gasteiger partial charge is 0.206 e. The van der Waals surface area contributed by atoms with Gasteiger partial charge in [-0.15, -0.1) is 0 Å². The summed E-state index contributed by atoms with van der Waals surface area (Å²) < 4.78 is 13.5. The normalized spacial score (nSPS) is 9.36. The summed E-state index contributed by atoms with van der Waals surface area (Å²) in [4.78, 5) is 0. The Hall–Kier alpha value is -0.810. The zero-order valence-corrected chi connectivity index (χ0v) is 9.70. The summed E-state index contributed by atoms with van der Waals surface area (Å²) in [7, 11) is 0. The lowest BCUT2D eigenvalue weighted by Crippen LogP contribution is -1.80. The number of halogens is 2. The zero-order chi connectivity index (χ0) is 10.4. The molecular formula is C12H12BrF. The Morgan fingerprint density at radius 2 is 2.21 bits per heavy atom. The van der Waals surface area contributed by atoms with Crippen molar-refractivity contribution in [2.24, 2.45) is 0 Å². The Balaban J connectivity index is 2.66. The maximum Gasteiger partial charge on any atom is 0.138 e. The molecule has 1 aromatic rings. The van der Waals surface area contributed by atoms with E-state index in [1.807, 2.05) is 6.07 Å². The third-order valence-corrected chi connectivity index (χ3v) is 2.45. The molecule has 1 aromatic carbocycles. The highest BCUT2D eigenvalue weighted by Gasteiger charge is 1.97. The molecule has 0 unspecified atom stereocenters. The second-order valence-corrected chi connectivity index (χ2v) is 3.89. The monoisotopic (exact) mass is 254 g/mol. The van der Waals surface area contributed by atoms with Gasteiger partial charge in [-0.2, -0.15) is 0 Å². The Morgan fingerprint density at radius 3 is 2.86 bits per heavy atom. The lowest BCUT2D eigenvalue weighted by molar-refractivity contribution is 0.620. The molecule has 0 aliphatic heterocycles. The summed E-state index contributed by atoms with van der Waals surface area (Å²) in [5, 5.41) is 0. The van der Waals surface area contributed by atoms with E-state index in [0.717, 1.165) is 24.8 Å². The Bertz CT molecular complexity index is 360. The molecule has 0 aliphatic carbocycles. The van der Waals surface area contributed by atoms with Gasteiger partial charge in [0.25, 0.3) is 0 Å². The summed E-state index contributed by atoms with van der Waals surface area (Å²) in [6.07, 6.45) is 3.13. The van der Waals surface area contributed by atoms with Crippen LogP contribution in [0.5, 0.6) is 0 Å². The molecule has 0 N–H and O–H groups in total. The topological polar surface area (TPSA) is 0 Å². The van der Waals surface area contributed by atoms with E-state index in [0.29, 0.717) is 4.47 Å². The standard InChI is InChI=1S/C12H12BrF/c1-2-3-4-5-6-10-7-8-11(13)12(14)9-10/h7-9H,2-4H2,1H3. The maximum absolute atomic E-state index is 13.0. The predicted octanol–water partition coefficient (Wildman–Crippen LogP) is 4.13.